The van der Waals surface area contributed by atoms with Crippen LogP contribution in [-0.2, 0) is 0 Å². The number of hydrogen-bond acceptors (Lipinski definition) is 6. The summed E-state index contributed by atoms with van der Waals surface area (Å²) < 4.78 is 0. The summed E-state index contributed by atoms with van der Waals surface area (Å²) in [7, 11) is 0. The number of nitrogens with zero attached hydrogens (tertiary/aromatic N) is 4. The van der Waals surface area contributed by atoms with Gasteiger partial charge in [0.15, 0.2) is 11.6 Å². The Labute approximate surface area is 163 Å². The van der Waals surface area contributed by atoms with Crippen LogP contribution in [0.1, 0.15) is 0 Å². The van der Waals surface area contributed by atoms with Gasteiger partial charge < -0.3 is 0 Å². The highest BCUT2D eigenvalue weighted by Crippen LogP contribution is 2.32. The van der Waals surface area contributed by atoms with Gasteiger partial charge in [0, 0.05) is 21.9 Å². The van der Waals surface area contributed by atoms with Gasteiger partial charge in [-0.3, -0.25) is 5.10 Å². The Morgan fingerprint density at radius 3 is 2.52 bits per heavy atom. The van der Waals surface area contributed by atoms with E-state index in [0.717, 1.165) is 38.7 Å². The monoisotopic (exact) mass is 387 g/mol. The number of fused-ring (bicyclic) bond motifs is 1. The van der Waals surface area contributed by atoms with Crippen LogP contribution < -0.4 is 0 Å². The van der Waals surface area contributed by atoms with Crippen molar-refractivity contribution in [1.82, 2.24) is 25.1 Å². The molecule has 3 aromatic heterocycles. The van der Waals surface area contributed by atoms with Crippen molar-refractivity contribution >= 4 is 34.0 Å². The second kappa shape index (κ2) is 6.94. The molecule has 0 atom stereocenters. The molecular weight excluding hydrogens is 374 g/mol. The predicted octanol–water partition coefficient (Wildman–Crippen LogP) is 5.29. The molecule has 0 bridgehead atoms. The zero-order valence-electron chi connectivity index (χ0n) is 14.0. The smallest absolute Gasteiger partial charge is 0.215 e. The molecule has 7 heteroatoms. The van der Waals surface area contributed by atoms with Crippen molar-refractivity contribution in [2.45, 2.75) is 10.2 Å². The second-order valence-corrected chi connectivity index (χ2v) is 7.55. The Morgan fingerprint density at radius 2 is 1.67 bits per heavy atom. The lowest BCUT2D eigenvalue weighted by atomic mass is 10.2. The molecule has 0 aliphatic carbocycles. The molecule has 5 rings (SSSR count). The molecule has 0 saturated carbocycles. The second-order valence-electron chi connectivity index (χ2n) is 5.82. The van der Waals surface area contributed by atoms with E-state index in [4.69, 9.17) is 9.97 Å². The lowest BCUT2D eigenvalue weighted by Crippen LogP contribution is -1.93. The van der Waals surface area contributed by atoms with Crippen LogP contribution in [0, 0.1) is 0 Å². The van der Waals surface area contributed by atoms with E-state index in [-0.39, 0.29) is 0 Å². The fraction of sp³-hybridized carbons (Fsp3) is 0. The van der Waals surface area contributed by atoms with E-state index in [1.54, 1.807) is 11.3 Å². The van der Waals surface area contributed by atoms with Gasteiger partial charge in [-0.1, -0.05) is 48.5 Å². The van der Waals surface area contributed by atoms with Gasteiger partial charge >= 0.3 is 0 Å². The van der Waals surface area contributed by atoms with Crippen LogP contribution in [-0.4, -0.2) is 25.1 Å². The minimum Gasteiger partial charge on any atom is -0.258 e. The number of thiophene rings is 1. The molecule has 130 valence electrons. The first-order valence-corrected chi connectivity index (χ1v) is 10.1. The third-order valence-corrected chi connectivity index (χ3v) is 5.60. The molecule has 5 nitrogen and oxygen atoms in total. The van der Waals surface area contributed by atoms with E-state index in [1.165, 1.54) is 11.8 Å². The normalized spacial score (nSPS) is 11.1. The fourth-order valence-electron chi connectivity index (χ4n) is 2.75. The molecular formula is C20H13N5S2. The van der Waals surface area contributed by atoms with Crippen molar-refractivity contribution in [1.29, 1.82) is 0 Å². The lowest BCUT2D eigenvalue weighted by molar-refractivity contribution is 0.968. The van der Waals surface area contributed by atoms with Crippen LogP contribution in [0.3, 0.4) is 0 Å². The predicted molar refractivity (Wildman–Crippen MR) is 109 cm³/mol. The summed E-state index contributed by atoms with van der Waals surface area (Å²) in [5.41, 5.74) is 2.94. The highest BCUT2D eigenvalue weighted by atomic mass is 32.2. The average molecular weight is 387 g/mol. The van der Waals surface area contributed by atoms with Crippen molar-refractivity contribution in [3.63, 3.8) is 0 Å². The summed E-state index contributed by atoms with van der Waals surface area (Å²) in [6, 6.07) is 20.0. The van der Waals surface area contributed by atoms with Crippen molar-refractivity contribution in [3.8, 4) is 22.8 Å². The van der Waals surface area contributed by atoms with E-state index < -0.39 is 0 Å². The molecule has 3 heterocycles. The van der Waals surface area contributed by atoms with E-state index in [1.807, 2.05) is 66.0 Å². The SMILES string of the molecule is c1ccc(-c2nc(Sc3nc(-c4ccsc4)nc4ccccc34)n[nH]2)cc1. The zero-order valence-corrected chi connectivity index (χ0v) is 15.7. The Hall–Kier alpha value is -3.03. The number of rotatable bonds is 4. The first-order chi connectivity index (χ1) is 13.4. The number of aromatic amines is 1. The molecule has 0 radical (unpaired) electrons. The number of benzene rings is 2. The molecule has 0 aliphatic rings. The topological polar surface area (TPSA) is 67.3 Å². The van der Waals surface area contributed by atoms with Gasteiger partial charge in [-0.25, -0.2) is 15.0 Å². The maximum absolute atomic E-state index is 4.79. The minimum absolute atomic E-state index is 0.633. The Balaban J connectivity index is 1.56. The van der Waals surface area contributed by atoms with Gasteiger partial charge in [-0.05, 0) is 29.3 Å². The molecule has 0 fully saturated rings. The van der Waals surface area contributed by atoms with E-state index in [0.29, 0.717) is 5.16 Å². The van der Waals surface area contributed by atoms with Gasteiger partial charge in [-0.2, -0.15) is 11.3 Å². The number of hydrogen-bond donors (Lipinski definition) is 1. The van der Waals surface area contributed by atoms with Crippen LogP contribution >= 0.6 is 23.1 Å². The maximum atomic E-state index is 4.79. The van der Waals surface area contributed by atoms with E-state index >= 15 is 0 Å². The minimum atomic E-state index is 0.633. The summed E-state index contributed by atoms with van der Waals surface area (Å²) in [6.07, 6.45) is 0. The van der Waals surface area contributed by atoms with Crippen molar-refractivity contribution in [3.05, 3.63) is 71.4 Å². The average Bonchev–Trinajstić information content (AvgIpc) is 3.41. The summed E-state index contributed by atoms with van der Waals surface area (Å²) in [6.45, 7) is 0. The van der Waals surface area contributed by atoms with Crippen molar-refractivity contribution < 1.29 is 0 Å². The Bertz CT molecular complexity index is 1200. The first kappa shape index (κ1) is 16.2. The zero-order chi connectivity index (χ0) is 18.1. The molecule has 2 aromatic carbocycles. The number of nitrogens with one attached hydrogen (secondary N) is 1. The van der Waals surface area contributed by atoms with Gasteiger partial charge in [0.25, 0.3) is 0 Å². The standard InChI is InChI=1S/C20H13N5S2/c1-2-6-13(7-3-1)18-23-20(25-24-18)27-19-15-8-4-5-9-16(15)21-17(22-19)14-10-11-26-12-14/h1-12H,(H,23,24,25). The largest absolute Gasteiger partial charge is 0.258 e. The third-order valence-electron chi connectivity index (χ3n) is 4.05. The van der Waals surface area contributed by atoms with Crippen LogP contribution in [0.15, 0.2) is 81.6 Å². The van der Waals surface area contributed by atoms with Crippen molar-refractivity contribution in [2.24, 2.45) is 0 Å². The summed E-state index contributed by atoms with van der Waals surface area (Å²) >= 11 is 3.08. The maximum Gasteiger partial charge on any atom is 0.215 e. The molecule has 0 spiro atoms. The van der Waals surface area contributed by atoms with Gasteiger partial charge in [-0.15, -0.1) is 5.10 Å². The number of H-pyrrole nitrogens is 1. The Morgan fingerprint density at radius 1 is 0.815 bits per heavy atom. The van der Waals surface area contributed by atoms with Crippen LogP contribution in [0.4, 0.5) is 0 Å². The summed E-state index contributed by atoms with van der Waals surface area (Å²) in [5.74, 6) is 1.46. The molecule has 5 aromatic rings. The summed E-state index contributed by atoms with van der Waals surface area (Å²) in [4.78, 5) is 14.1. The Kier molecular flexibility index (Phi) is 4.16. The lowest BCUT2D eigenvalue weighted by Gasteiger charge is -2.06. The molecule has 27 heavy (non-hydrogen) atoms. The number of para-hydroxylation sites is 1. The molecule has 0 aliphatic heterocycles. The molecule has 0 unspecified atom stereocenters. The molecule has 1 N–H and O–H groups in total. The van der Waals surface area contributed by atoms with Crippen molar-refractivity contribution in [2.75, 3.05) is 0 Å². The third kappa shape index (κ3) is 3.22. The first-order valence-electron chi connectivity index (χ1n) is 8.32. The van der Waals surface area contributed by atoms with E-state index in [9.17, 15) is 0 Å². The quantitative estimate of drug-likeness (QED) is 0.424. The highest BCUT2D eigenvalue weighted by Gasteiger charge is 2.14. The molecule has 0 saturated heterocycles. The number of aromatic nitrogens is 5. The van der Waals surface area contributed by atoms with E-state index in [2.05, 4.69) is 20.6 Å². The van der Waals surface area contributed by atoms with Gasteiger partial charge in [0.05, 0.1) is 5.52 Å². The summed E-state index contributed by atoms with van der Waals surface area (Å²) in [5, 5.41) is 13.9. The van der Waals surface area contributed by atoms with Gasteiger partial charge in [0.1, 0.15) is 5.03 Å². The van der Waals surface area contributed by atoms with Crippen LogP contribution in [0.25, 0.3) is 33.7 Å². The van der Waals surface area contributed by atoms with Crippen LogP contribution in [0.5, 0.6) is 0 Å². The van der Waals surface area contributed by atoms with Crippen LogP contribution in [0.2, 0.25) is 0 Å². The fourth-order valence-corrected chi connectivity index (χ4v) is 4.20. The van der Waals surface area contributed by atoms with Gasteiger partial charge in [0.2, 0.25) is 5.16 Å². The highest BCUT2D eigenvalue weighted by molar-refractivity contribution is 7.99. The molecule has 0 amide bonds.